The van der Waals surface area contributed by atoms with Crippen LogP contribution in [0.2, 0.25) is 0 Å². The Morgan fingerprint density at radius 2 is 2.00 bits per heavy atom. The van der Waals surface area contributed by atoms with Crippen LogP contribution < -0.4 is 4.90 Å². The second kappa shape index (κ2) is 6.75. The number of aryl methyl sites for hydroxylation is 1. The monoisotopic (exact) mass is 322 g/mol. The molecule has 0 unspecified atom stereocenters. The molecule has 0 N–H and O–H groups in total. The summed E-state index contributed by atoms with van der Waals surface area (Å²) < 4.78 is 1.18. The van der Waals surface area contributed by atoms with E-state index in [1.807, 2.05) is 36.4 Å². The average Bonchev–Trinajstić information content (AvgIpc) is 2.97. The third-order valence-electron chi connectivity index (χ3n) is 3.62. The lowest BCUT2D eigenvalue weighted by Crippen LogP contribution is -2.21. The third kappa shape index (κ3) is 3.48. The number of anilines is 1. The van der Waals surface area contributed by atoms with Crippen LogP contribution in [0.1, 0.15) is 24.4 Å². The zero-order valence-electron chi connectivity index (χ0n) is 13.2. The summed E-state index contributed by atoms with van der Waals surface area (Å²) in [5.74, 6) is -0.0261. The van der Waals surface area contributed by atoms with Crippen LogP contribution in [0.25, 0.3) is 16.3 Å². The Morgan fingerprint density at radius 3 is 2.70 bits per heavy atom. The van der Waals surface area contributed by atoms with Gasteiger partial charge in [0.15, 0.2) is 0 Å². The fourth-order valence-corrected chi connectivity index (χ4v) is 3.30. The van der Waals surface area contributed by atoms with Crippen LogP contribution in [0.3, 0.4) is 0 Å². The first kappa shape index (κ1) is 15.4. The number of rotatable bonds is 4. The van der Waals surface area contributed by atoms with Crippen molar-refractivity contribution in [3.63, 3.8) is 0 Å². The fraction of sp³-hybridized carbons (Fsp3) is 0.158. The minimum atomic E-state index is -0.0261. The number of hydrogen-bond acceptors (Lipinski definition) is 3. The highest BCUT2D eigenvalue weighted by Crippen LogP contribution is 2.25. The molecule has 0 atom stereocenters. The van der Waals surface area contributed by atoms with Crippen molar-refractivity contribution >= 4 is 39.2 Å². The van der Waals surface area contributed by atoms with Crippen molar-refractivity contribution in [3.8, 4) is 0 Å². The molecule has 2 aromatic carbocycles. The zero-order chi connectivity index (χ0) is 16.2. The Balaban J connectivity index is 1.89. The summed E-state index contributed by atoms with van der Waals surface area (Å²) >= 11 is 1.64. The predicted molar refractivity (Wildman–Crippen MR) is 97.6 cm³/mol. The molecule has 1 heterocycles. The summed E-state index contributed by atoms with van der Waals surface area (Å²) in [6.45, 7) is 3.71. The number of para-hydroxylation sites is 1. The van der Waals surface area contributed by atoms with Gasteiger partial charge in [-0.15, -0.1) is 11.3 Å². The molecule has 0 aliphatic heterocycles. The predicted octanol–water partition coefficient (Wildman–Crippen LogP) is 4.88. The van der Waals surface area contributed by atoms with Gasteiger partial charge >= 0.3 is 0 Å². The van der Waals surface area contributed by atoms with E-state index in [0.717, 1.165) is 22.6 Å². The van der Waals surface area contributed by atoms with E-state index in [4.69, 9.17) is 0 Å². The van der Waals surface area contributed by atoms with Gasteiger partial charge in [0.05, 0.1) is 10.2 Å². The first-order chi connectivity index (χ1) is 11.2. The Kier molecular flexibility index (Phi) is 4.53. The molecule has 0 saturated heterocycles. The van der Waals surface area contributed by atoms with E-state index >= 15 is 0 Å². The third-order valence-corrected chi connectivity index (χ3v) is 4.60. The topological polar surface area (TPSA) is 33.2 Å². The Hall–Kier alpha value is -2.46. The highest BCUT2D eigenvalue weighted by molar-refractivity contribution is 7.19. The number of carbonyl (C=O) groups excluding carboxylic acids is 1. The van der Waals surface area contributed by atoms with Gasteiger partial charge in [-0.3, -0.25) is 9.69 Å². The van der Waals surface area contributed by atoms with Crippen molar-refractivity contribution in [2.45, 2.75) is 20.3 Å². The van der Waals surface area contributed by atoms with Gasteiger partial charge in [-0.25, -0.2) is 4.98 Å². The van der Waals surface area contributed by atoms with Gasteiger partial charge in [0, 0.05) is 18.8 Å². The van der Waals surface area contributed by atoms with E-state index < -0.39 is 0 Å². The summed E-state index contributed by atoms with van der Waals surface area (Å²) in [5, 5.41) is 0.899. The smallest absolute Gasteiger partial charge is 0.227 e. The lowest BCUT2D eigenvalue weighted by atomic mass is 10.2. The van der Waals surface area contributed by atoms with Gasteiger partial charge in [-0.2, -0.15) is 0 Å². The molecule has 1 aromatic heterocycles. The van der Waals surface area contributed by atoms with E-state index in [-0.39, 0.29) is 5.91 Å². The zero-order valence-corrected chi connectivity index (χ0v) is 14.0. The van der Waals surface area contributed by atoms with Gasteiger partial charge in [-0.05, 0) is 42.3 Å². The van der Waals surface area contributed by atoms with Crippen molar-refractivity contribution in [1.29, 1.82) is 0 Å². The molecule has 0 spiro atoms. The maximum Gasteiger partial charge on any atom is 0.227 e. The molecule has 116 valence electrons. The van der Waals surface area contributed by atoms with E-state index in [2.05, 4.69) is 30.1 Å². The second-order valence-electron chi connectivity index (χ2n) is 5.25. The summed E-state index contributed by atoms with van der Waals surface area (Å²) in [6, 6.07) is 16.0. The molecular weight excluding hydrogens is 304 g/mol. The molecule has 4 heteroatoms. The van der Waals surface area contributed by atoms with Crippen LogP contribution in [-0.2, 0) is 11.2 Å². The number of carbonyl (C=O) groups is 1. The SMILES string of the molecule is CCc1ccc2nc(C=CN(C(C)=O)c3ccccc3)sc2c1. The van der Waals surface area contributed by atoms with E-state index in [0.29, 0.717) is 0 Å². The molecule has 0 fully saturated rings. The van der Waals surface area contributed by atoms with Gasteiger partial charge in [0.25, 0.3) is 0 Å². The summed E-state index contributed by atoms with van der Waals surface area (Å²) in [4.78, 5) is 18.1. The van der Waals surface area contributed by atoms with Crippen molar-refractivity contribution in [1.82, 2.24) is 4.98 Å². The standard InChI is InChI=1S/C19H18N2OS/c1-3-15-9-10-17-18(13-15)23-19(20-17)11-12-21(14(2)22)16-7-5-4-6-8-16/h4-13H,3H2,1-2H3. The first-order valence-corrected chi connectivity index (χ1v) is 8.41. The Labute approximate surface area is 139 Å². The number of aromatic nitrogens is 1. The van der Waals surface area contributed by atoms with E-state index in [9.17, 15) is 4.79 Å². The molecule has 3 nitrogen and oxygen atoms in total. The lowest BCUT2D eigenvalue weighted by Gasteiger charge is -2.15. The molecule has 23 heavy (non-hydrogen) atoms. The first-order valence-electron chi connectivity index (χ1n) is 7.60. The average molecular weight is 322 g/mol. The van der Waals surface area contributed by atoms with Gasteiger partial charge in [0.1, 0.15) is 5.01 Å². The second-order valence-corrected chi connectivity index (χ2v) is 6.31. The van der Waals surface area contributed by atoms with Crippen molar-refractivity contribution in [2.75, 3.05) is 4.90 Å². The Morgan fingerprint density at radius 1 is 1.22 bits per heavy atom. The molecule has 3 rings (SSSR count). The minimum absolute atomic E-state index is 0.0261. The molecule has 1 amide bonds. The van der Waals surface area contributed by atoms with Crippen LogP contribution in [-0.4, -0.2) is 10.9 Å². The number of nitrogens with zero attached hydrogens (tertiary/aromatic N) is 2. The molecular formula is C19H18N2OS. The normalized spacial score (nSPS) is 11.2. The molecule has 3 aromatic rings. The number of amides is 1. The van der Waals surface area contributed by atoms with Crippen molar-refractivity contribution in [3.05, 3.63) is 65.3 Å². The number of hydrogen-bond donors (Lipinski definition) is 0. The molecule has 0 saturated carbocycles. The quantitative estimate of drug-likeness (QED) is 0.685. The Bertz CT molecular complexity index is 852. The fourth-order valence-electron chi connectivity index (χ4n) is 2.38. The molecule has 0 bridgehead atoms. The van der Waals surface area contributed by atoms with Crippen LogP contribution >= 0.6 is 11.3 Å². The van der Waals surface area contributed by atoms with Crippen LogP contribution in [0.15, 0.2) is 54.7 Å². The number of fused-ring (bicyclic) bond motifs is 1. The molecule has 0 aliphatic rings. The lowest BCUT2D eigenvalue weighted by molar-refractivity contribution is -0.115. The van der Waals surface area contributed by atoms with Gasteiger partial charge < -0.3 is 0 Å². The minimum Gasteiger partial charge on any atom is -0.288 e. The van der Waals surface area contributed by atoms with Crippen LogP contribution in [0, 0.1) is 0 Å². The largest absolute Gasteiger partial charge is 0.288 e. The van der Waals surface area contributed by atoms with Gasteiger partial charge in [0.2, 0.25) is 5.91 Å². The molecule has 0 aliphatic carbocycles. The highest BCUT2D eigenvalue weighted by Gasteiger charge is 2.08. The summed E-state index contributed by atoms with van der Waals surface area (Å²) in [5.41, 5.74) is 3.16. The number of thiazole rings is 1. The van der Waals surface area contributed by atoms with E-state index in [1.54, 1.807) is 29.4 Å². The summed E-state index contributed by atoms with van der Waals surface area (Å²) in [7, 11) is 0. The van der Waals surface area contributed by atoms with Crippen LogP contribution in [0.4, 0.5) is 5.69 Å². The maximum absolute atomic E-state index is 11.9. The van der Waals surface area contributed by atoms with Crippen LogP contribution in [0.5, 0.6) is 0 Å². The van der Waals surface area contributed by atoms with Gasteiger partial charge in [-0.1, -0.05) is 31.2 Å². The highest BCUT2D eigenvalue weighted by atomic mass is 32.1. The number of benzene rings is 2. The summed E-state index contributed by atoms with van der Waals surface area (Å²) in [6.07, 6.45) is 4.70. The van der Waals surface area contributed by atoms with Crippen molar-refractivity contribution < 1.29 is 4.79 Å². The van der Waals surface area contributed by atoms with E-state index in [1.165, 1.54) is 10.3 Å². The van der Waals surface area contributed by atoms with Crippen molar-refractivity contribution in [2.24, 2.45) is 0 Å². The molecule has 0 radical (unpaired) electrons. The maximum atomic E-state index is 11.9.